The van der Waals surface area contributed by atoms with Crippen molar-refractivity contribution in [2.45, 2.75) is 20.3 Å². The SMILES string of the molecule is CC(C)CCNc1nc(Nc2ccc(OS(C)(=O)=O)c(N)c2)ncc1C(N)=O. The summed E-state index contributed by atoms with van der Waals surface area (Å²) in [5.41, 5.74) is 12.0. The first-order chi connectivity index (χ1) is 13.0. The Morgan fingerprint density at radius 2 is 2.04 bits per heavy atom. The lowest BCUT2D eigenvalue weighted by molar-refractivity contribution is 0.100. The van der Waals surface area contributed by atoms with Crippen molar-refractivity contribution in [2.24, 2.45) is 11.7 Å². The smallest absolute Gasteiger partial charge is 0.306 e. The number of nitrogens with one attached hydrogen (secondary N) is 2. The first-order valence-electron chi connectivity index (χ1n) is 8.52. The average Bonchev–Trinajstić information content (AvgIpc) is 2.56. The molecule has 0 aliphatic carbocycles. The highest BCUT2D eigenvalue weighted by Crippen LogP contribution is 2.27. The summed E-state index contributed by atoms with van der Waals surface area (Å²) in [6, 6.07) is 4.46. The zero-order chi connectivity index (χ0) is 20.9. The van der Waals surface area contributed by atoms with Crippen LogP contribution in [0.15, 0.2) is 24.4 Å². The van der Waals surface area contributed by atoms with E-state index in [0.29, 0.717) is 24.0 Å². The fraction of sp³-hybridized carbons (Fsp3) is 0.353. The van der Waals surface area contributed by atoms with Gasteiger partial charge in [-0.3, -0.25) is 4.79 Å². The van der Waals surface area contributed by atoms with E-state index in [1.54, 1.807) is 6.07 Å². The van der Waals surface area contributed by atoms with Crippen molar-refractivity contribution in [3.8, 4) is 5.75 Å². The van der Waals surface area contributed by atoms with Crippen LogP contribution in [0.5, 0.6) is 5.75 Å². The van der Waals surface area contributed by atoms with Crippen LogP contribution < -0.4 is 26.3 Å². The van der Waals surface area contributed by atoms with E-state index in [1.807, 2.05) is 0 Å². The molecule has 0 unspecified atom stereocenters. The second-order valence-corrected chi connectivity index (χ2v) is 8.17. The molecule has 28 heavy (non-hydrogen) atoms. The molecule has 1 heterocycles. The van der Waals surface area contributed by atoms with Crippen LogP contribution in [0.25, 0.3) is 0 Å². The largest absolute Gasteiger partial charge is 0.396 e. The number of anilines is 4. The highest BCUT2D eigenvalue weighted by Gasteiger charge is 2.13. The number of carbonyl (C=O) groups excluding carboxylic acids is 1. The topological polar surface area (TPSA) is 162 Å². The number of nitrogens with two attached hydrogens (primary N) is 2. The lowest BCUT2D eigenvalue weighted by Gasteiger charge is -2.13. The predicted octanol–water partition coefficient (Wildman–Crippen LogP) is 1.70. The Morgan fingerprint density at radius 3 is 2.61 bits per heavy atom. The standard InChI is InChI=1S/C17H24N6O4S/c1-10(2)6-7-20-16-12(15(19)24)9-21-17(23-16)22-11-4-5-14(13(18)8-11)27-28(3,25)26/h4-5,8-10H,6-7,18H2,1-3H3,(H2,19,24)(H2,20,21,22,23). The molecule has 1 aromatic carbocycles. The minimum atomic E-state index is -3.68. The molecule has 10 nitrogen and oxygen atoms in total. The van der Waals surface area contributed by atoms with Gasteiger partial charge in [-0.2, -0.15) is 13.4 Å². The third kappa shape index (κ3) is 6.27. The summed E-state index contributed by atoms with van der Waals surface area (Å²) in [6.45, 7) is 4.80. The molecule has 2 rings (SSSR count). The third-order valence-electron chi connectivity index (χ3n) is 3.58. The van der Waals surface area contributed by atoms with Crippen LogP contribution in [-0.2, 0) is 10.1 Å². The summed E-state index contributed by atoms with van der Waals surface area (Å²) in [6.07, 6.45) is 3.16. The van der Waals surface area contributed by atoms with E-state index < -0.39 is 16.0 Å². The second-order valence-electron chi connectivity index (χ2n) is 6.59. The van der Waals surface area contributed by atoms with Crippen molar-refractivity contribution in [1.82, 2.24) is 9.97 Å². The van der Waals surface area contributed by atoms with Gasteiger partial charge in [0.25, 0.3) is 5.91 Å². The number of carbonyl (C=O) groups is 1. The molecule has 0 bridgehead atoms. The van der Waals surface area contributed by atoms with Crippen molar-refractivity contribution < 1.29 is 17.4 Å². The Morgan fingerprint density at radius 1 is 1.32 bits per heavy atom. The van der Waals surface area contributed by atoms with Gasteiger partial charge in [-0.15, -0.1) is 0 Å². The molecule has 152 valence electrons. The molecule has 0 fully saturated rings. The molecular formula is C17H24N6O4S. The quantitative estimate of drug-likeness (QED) is 0.357. The van der Waals surface area contributed by atoms with Crippen LogP contribution in [0.1, 0.15) is 30.6 Å². The first kappa shape index (κ1) is 21.2. The van der Waals surface area contributed by atoms with Gasteiger partial charge < -0.3 is 26.3 Å². The van der Waals surface area contributed by atoms with E-state index in [1.165, 1.54) is 18.3 Å². The van der Waals surface area contributed by atoms with Crippen molar-refractivity contribution in [3.63, 3.8) is 0 Å². The zero-order valence-corrected chi connectivity index (χ0v) is 16.7. The van der Waals surface area contributed by atoms with Crippen molar-refractivity contribution >= 4 is 39.2 Å². The first-order valence-corrected chi connectivity index (χ1v) is 10.3. The Kier molecular flexibility index (Phi) is 6.62. The van der Waals surface area contributed by atoms with Gasteiger partial charge >= 0.3 is 10.1 Å². The Bertz CT molecular complexity index is 962. The fourth-order valence-electron chi connectivity index (χ4n) is 2.23. The highest BCUT2D eigenvalue weighted by molar-refractivity contribution is 7.86. The summed E-state index contributed by atoms with van der Waals surface area (Å²) in [5.74, 6) is 0.419. The lowest BCUT2D eigenvalue weighted by atomic mass is 10.1. The zero-order valence-electron chi connectivity index (χ0n) is 15.9. The van der Waals surface area contributed by atoms with Gasteiger partial charge in [0.1, 0.15) is 5.82 Å². The van der Waals surface area contributed by atoms with Crippen molar-refractivity contribution in [3.05, 3.63) is 30.0 Å². The number of amides is 1. The van der Waals surface area contributed by atoms with E-state index in [2.05, 4.69) is 34.4 Å². The van der Waals surface area contributed by atoms with Crippen LogP contribution in [0, 0.1) is 5.92 Å². The van der Waals surface area contributed by atoms with Crippen molar-refractivity contribution in [1.29, 1.82) is 0 Å². The number of primary amides is 1. The van der Waals surface area contributed by atoms with E-state index in [-0.39, 0.29) is 22.9 Å². The molecule has 0 saturated carbocycles. The molecule has 0 saturated heterocycles. The monoisotopic (exact) mass is 408 g/mol. The van der Waals surface area contributed by atoms with Crippen LogP contribution in [0.2, 0.25) is 0 Å². The number of rotatable bonds is 9. The molecule has 1 amide bonds. The summed E-state index contributed by atoms with van der Waals surface area (Å²) in [5, 5.41) is 6.04. The predicted molar refractivity (Wildman–Crippen MR) is 108 cm³/mol. The fourth-order valence-corrected chi connectivity index (χ4v) is 2.71. The number of benzene rings is 1. The molecule has 2 aromatic rings. The van der Waals surface area contributed by atoms with Gasteiger partial charge in [-0.05, 0) is 30.5 Å². The van der Waals surface area contributed by atoms with Crippen molar-refractivity contribution in [2.75, 3.05) is 29.2 Å². The van der Waals surface area contributed by atoms with Crippen LogP contribution in [0.4, 0.5) is 23.1 Å². The van der Waals surface area contributed by atoms with E-state index in [4.69, 9.17) is 15.7 Å². The number of hydrogen-bond acceptors (Lipinski definition) is 9. The molecule has 0 radical (unpaired) electrons. The highest BCUT2D eigenvalue weighted by atomic mass is 32.2. The lowest BCUT2D eigenvalue weighted by Crippen LogP contribution is -2.18. The number of aromatic nitrogens is 2. The van der Waals surface area contributed by atoms with Gasteiger partial charge in [-0.25, -0.2) is 4.98 Å². The molecule has 0 atom stereocenters. The average molecular weight is 408 g/mol. The maximum absolute atomic E-state index is 11.6. The molecule has 0 spiro atoms. The van der Waals surface area contributed by atoms with E-state index >= 15 is 0 Å². The Labute approximate surface area is 163 Å². The minimum absolute atomic E-state index is 0.0223. The van der Waals surface area contributed by atoms with Gasteiger partial charge in [0.15, 0.2) is 5.75 Å². The molecule has 1 aromatic heterocycles. The normalized spacial score (nSPS) is 11.3. The number of hydrogen-bond donors (Lipinski definition) is 4. The van der Waals surface area contributed by atoms with Gasteiger partial charge in [0.2, 0.25) is 5.95 Å². The van der Waals surface area contributed by atoms with Gasteiger partial charge in [0, 0.05) is 18.4 Å². The Hall–Kier alpha value is -3.08. The van der Waals surface area contributed by atoms with Crippen LogP contribution in [-0.4, -0.2) is 37.1 Å². The third-order valence-corrected chi connectivity index (χ3v) is 4.06. The maximum atomic E-state index is 11.6. The molecule has 6 N–H and O–H groups in total. The number of nitrogen functional groups attached to an aromatic ring is 1. The molecule has 11 heteroatoms. The number of nitrogens with zero attached hydrogens (tertiary/aromatic N) is 2. The summed E-state index contributed by atoms with van der Waals surface area (Å²) < 4.78 is 27.2. The van der Waals surface area contributed by atoms with E-state index in [9.17, 15) is 13.2 Å². The van der Waals surface area contributed by atoms with E-state index in [0.717, 1.165) is 12.7 Å². The van der Waals surface area contributed by atoms with Crippen LogP contribution >= 0.6 is 0 Å². The van der Waals surface area contributed by atoms with Gasteiger partial charge in [0.05, 0.1) is 17.5 Å². The summed E-state index contributed by atoms with van der Waals surface area (Å²) in [4.78, 5) is 20.0. The molecule has 0 aliphatic rings. The molecule has 0 aliphatic heterocycles. The summed E-state index contributed by atoms with van der Waals surface area (Å²) >= 11 is 0. The molecular weight excluding hydrogens is 384 g/mol. The van der Waals surface area contributed by atoms with Crippen LogP contribution in [0.3, 0.4) is 0 Å². The summed E-state index contributed by atoms with van der Waals surface area (Å²) in [7, 11) is -3.68. The maximum Gasteiger partial charge on any atom is 0.306 e. The van der Waals surface area contributed by atoms with Gasteiger partial charge in [-0.1, -0.05) is 13.8 Å². The Balaban J connectivity index is 2.21. The second kappa shape index (κ2) is 8.74. The minimum Gasteiger partial charge on any atom is -0.396 e.